The number of fused-ring (bicyclic) bond motifs is 1. The molecule has 2 heterocycles. The molecule has 1 aromatic rings. The Morgan fingerprint density at radius 2 is 2.04 bits per heavy atom. The summed E-state index contributed by atoms with van der Waals surface area (Å²) in [6, 6.07) is 0. The van der Waals surface area contributed by atoms with Crippen LogP contribution in [0.5, 0.6) is 0 Å². The van der Waals surface area contributed by atoms with E-state index in [-0.39, 0.29) is 24.7 Å². The normalized spacial score (nSPS) is 24.4. The summed E-state index contributed by atoms with van der Waals surface area (Å²) in [5.41, 5.74) is 1.87. The first kappa shape index (κ1) is 17.5. The Morgan fingerprint density at radius 1 is 1.29 bits per heavy atom. The highest BCUT2D eigenvalue weighted by Gasteiger charge is 2.43. The van der Waals surface area contributed by atoms with E-state index in [0.717, 1.165) is 6.42 Å². The summed E-state index contributed by atoms with van der Waals surface area (Å²) >= 11 is 1.41. The molecule has 0 bridgehead atoms. The van der Waals surface area contributed by atoms with Crippen molar-refractivity contribution in [3.8, 4) is 0 Å². The largest absolute Gasteiger partial charge is 0.391 e. The molecule has 1 saturated carbocycles. The van der Waals surface area contributed by atoms with Gasteiger partial charge in [0.1, 0.15) is 0 Å². The van der Waals surface area contributed by atoms with E-state index in [4.69, 9.17) is 0 Å². The molecule has 0 unspecified atom stereocenters. The van der Waals surface area contributed by atoms with Crippen molar-refractivity contribution < 1.29 is 18.0 Å². The first-order valence-corrected chi connectivity index (χ1v) is 9.29. The van der Waals surface area contributed by atoms with Crippen LogP contribution in [0.15, 0.2) is 5.16 Å². The van der Waals surface area contributed by atoms with Gasteiger partial charge in [-0.1, -0.05) is 18.2 Å². The quantitative estimate of drug-likeness (QED) is 0.608. The summed E-state index contributed by atoms with van der Waals surface area (Å²) in [4.78, 5) is 22.9. The minimum atomic E-state index is -4.13. The second-order valence-corrected chi connectivity index (χ2v) is 7.35. The van der Waals surface area contributed by atoms with E-state index < -0.39 is 12.1 Å². The number of aryl methyl sites for hydroxylation is 1. The van der Waals surface area contributed by atoms with Crippen molar-refractivity contribution >= 4 is 17.7 Å². The van der Waals surface area contributed by atoms with Gasteiger partial charge in [0, 0.05) is 6.54 Å². The third-order valence-corrected chi connectivity index (χ3v) is 5.44. The lowest BCUT2D eigenvalue weighted by molar-refractivity contribution is -0.186. The maximum atomic E-state index is 13.0. The molecule has 0 radical (unpaired) electrons. The van der Waals surface area contributed by atoms with Crippen LogP contribution < -0.4 is 0 Å². The van der Waals surface area contributed by atoms with Crippen LogP contribution in [0.25, 0.3) is 0 Å². The molecular weight excluding hydrogens is 339 g/mol. The van der Waals surface area contributed by atoms with Crippen LogP contribution in [0.1, 0.15) is 47.4 Å². The lowest BCUT2D eigenvalue weighted by Gasteiger charge is -2.32. The molecule has 2 aliphatic rings. The van der Waals surface area contributed by atoms with Gasteiger partial charge in [-0.25, -0.2) is 9.97 Å². The highest BCUT2D eigenvalue weighted by atomic mass is 32.2. The van der Waals surface area contributed by atoms with Crippen LogP contribution in [0.4, 0.5) is 13.2 Å². The number of thioether (sulfide) groups is 1. The van der Waals surface area contributed by atoms with Gasteiger partial charge in [-0.05, 0) is 38.4 Å². The summed E-state index contributed by atoms with van der Waals surface area (Å²) in [5.74, 6) is -1.48. The molecular formula is C16H20F3N3OS. The van der Waals surface area contributed by atoms with Crippen LogP contribution in [-0.2, 0) is 6.54 Å². The SMILES string of the molecule is CSc1nc(C)c2c(n1)CN(C[C@@H]1CCC[C@H](C(F)(F)F)C1)C2=O. The fraction of sp³-hybridized carbons (Fsp3) is 0.688. The van der Waals surface area contributed by atoms with E-state index >= 15 is 0 Å². The van der Waals surface area contributed by atoms with Gasteiger partial charge < -0.3 is 4.90 Å². The first-order chi connectivity index (χ1) is 11.3. The third-order valence-electron chi connectivity index (χ3n) is 4.89. The summed E-state index contributed by atoms with van der Waals surface area (Å²) in [5, 5.41) is 0.621. The predicted octanol–water partition coefficient (Wildman–Crippen LogP) is 3.83. The van der Waals surface area contributed by atoms with Gasteiger partial charge in [-0.3, -0.25) is 4.79 Å². The van der Waals surface area contributed by atoms with Crippen molar-refractivity contribution in [3.05, 3.63) is 17.0 Å². The fourth-order valence-electron chi connectivity index (χ4n) is 3.71. The number of hydrogen-bond donors (Lipinski definition) is 0. The molecule has 3 rings (SSSR count). The first-order valence-electron chi connectivity index (χ1n) is 8.07. The molecule has 8 heteroatoms. The van der Waals surface area contributed by atoms with Gasteiger partial charge in [-0.2, -0.15) is 13.2 Å². The van der Waals surface area contributed by atoms with Crippen LogP contribution >= 0.6 is 11.8 Å². The van der Waals surface area contributed by atoms with Gasteiger partial charge in [0.2, 0.25) is 0 Å². The summed E-state index contributed by atoms with van der Waals surface area (Å²) in [7, 11) is 0. The zero-order valence-electron chi connectivity index (χ0n) is 13.7. The van der Waals surface area contributed by atoms with Gasteiger partial charge in [0.15, 0.2) is 5.16 Å². The topological polar surface area (TPSA) is 46.1 Å². The molecule has 24 heavy (non-hydrogen) atoms. The van der Waals surface area contributed by atoms with Crippen molar-refractivity contribution in [3.63, 3.8) is 0 Å². The average molecular weight is 359 g/mol. The molecule has 0 N–H and O–H groups in total. The second kappa shape index (κ2) is 6.54. The Labute approximate surface area is 143 Å². The summed E-state index contributed by atoms with van der Waals surface area (Å²) in [6.45, 7) is 2.52. The maximum Gasteiger partial charge on any atom is 0.391 e. The summed E-state index contributed by atoms with van der Waals surface area (Å²) < 4.78 is 38.9. The number of hydrogen-bond acceptors (Lipinski definition) is 4. The molecule has 0 spiro atoms. The lowest BCUT2D eigenvalue weighted by atomic mass is 9.81. The van der Waals surface area contributed by atoms with Gasteiger partial charge >= 0.3 is 6.18 Å². The molecule has 2 atom stereocenters. The monoisotopic (exact) mass is 359 g/mol. The summed E-state index contributed by atoms with van der Waals surface area (Å²) in [6.07, 6.45) is -0.631. The second-order valence-electron chi connectivity index (χ2n) is 6.57. The highest BCUT2D eigenvalue weighted by molar-refractivity contribution is 7.98. The Kier molecular flexibility index (Phi) is 4.77. The molecule has 0 saturated heterocycles. The van der Waals surface area contributed by atoms with Crippen LogP contribution in [0, 0.1) is 18.8 Å². The van der Waals surface area contributed by atoms with Crippen LogP contribution in [0.3, 0.4) is 0 Å². The van der Waals surface area contributed by atoms with Crippen molar-refractivity contribution in [2.45, 2.75) is 50.5 Å². The number of halogens is 3. The number of nitrogens with zero attached hydrogens (tertiary/aromatic N) is 3. The van der Waals surface area contributed by atoms with Crippen LogP contribution in [-0.4, -0.2) is 39.8 Å². The van der Waals surface area contributed by atoms with Gasteiger partial charge in [0.05, 0.1) is 29.4 Å². The van der Waals surface area contributed by atoms with E-state index in [2.05, 4.69) is 9.97 Å². The van der Waals surface area contributed by atoms with Crippen molar-refractivity contribution in [1.82, 2.24) is 14.9 Å². The van der Waals surface area contributed by atoms with Crippen molar-refractivity contribution in [1.29, 1.82) is 0 Å². The fourth-order valence-corrected chi connectivity index (χ4v) is 4.14. The van der Waals surface area contributed by atoms with E-state index in [1.807, 2.05) is 6.26 Å². The Hall–Kier alpha value is -1.31. The number of aromatic nitrogens is 2. The highest BCUT2D eigenvalue weighted by Crippen LogP contribution is 2.40. The average Bonchev–Trinajstić information content (AvgIpc) is 2.83. The molecule has 4 nitrogen and oxygen atoms in total. The number of amides is 1. The van der Waals surface area contributed by atoms with Crippen LogP contribution in [0.2, 0.25) is 0 Å². The number of carbonyl (C=O) groups excluding carboxylic acids is 1. The molecule has 1 amide bonds. The zero-order chi connectivity index (χ0) is 17.5. The van der Waals surface area contributed by atoms with Gasteiger partial charge in [-0.15, -0.1) is 0 Å². The Balaban J connectivity index is 1.71. The van der Waals surface area contributed by atoms with E-state index in [1.54, 1.807) is 11.8 Å². The Bertz CT molecular complexity index is 650. The number of alkyl halides is 3. The molecule has 1 aromatic heterocycles. The van der Waals surface area contributed by atoms with E-state index in [9.17, 15) is 18.0 Å². The van der Waals surface area contributed by atoms with E-state index in [0.29, 0.717) is 41.6 Å². The third kappa shape index (κ3) is 3.38. The Morgan fingerprint density at radius 3 is 2.71 bits per heavy atom. The minimum Gasteiger partial charge on any atom is -0.332 e. The van der Waals surface area contributed by atoms with Gasteiger partial charge in [0.25, 0.3) is 5.91 Å². The molecule has 1 aliphatic carbocycles. The molecule has 132 valence electrons. The standard InChI is InChI=1S/C16H20F3N3OS/c1-9-13-12(21-15(20-9)24-2)8-22(14(13)23)7-10-4-3-5-11(6-10)16(17,18)19/h10-11H,3-8H2,1-2H3/t10-,11+/m1/s1. The van der Waals surface area contributed by atoms with Crippen molar-refractivity contribution in [2.24, 2.45) is 11.8 Å². The lowest BCUT2D eigenvalue weighted by Crippen LogP contribution is -2.35. The molecule has 1 fully saturated rings. The molecule has 1 aliphatic heterocycles. The number of rotatable bonds is 3. The number of carbonyl (C=O) groups is 1. The predicted molar refractivity (Wildman–Crippen MR) is 84.8 cm³/mol. The maximum absolute atomic E-state index is 13.0. The zero-order valence-corrected chi connectivity index (χ0v) is 14.5. The minimum absolute atomic E-state index is 0.100. The van der Waals surface area contributed by atoms with E-state index in [1.165, 1.54) is 11.8 Å². The molecule has 0 aromatic carbocycles. The van der Waals surface area contributed by atoms with Crippen molar-refractivity contribution in [2.75, 3.05) is 12.8 Å². The smallest absolute Gasteiger partial charge is 0.332 e.